The third-order valence-corrected chi connectivity index (χ3v) is 3.13. The molecular formula is C13H14FNO4. The second-order valence-electron chi connectivity index (χ2n) is 4.31. The molecule has 1 amide bonds. The maximum Gasteiger partial charge on any atom is 0.319 e. The average molecular weight is 267 g/mol. The van der Waals surface area contributed by atoms with E-state index in [0.29, 0.717) is 10.6 Å². The van der Waals surface area contributed by atoms with Gasteiger partial charge in [0, 0.05) is 5.92 Å². The zero-order valence-corrected chi connectivity index (χ0v) is 10.4. The van der Waals surface area contributed by atoms with Gasteiger partial charge < -0.3 is 4.74 Å². The zero-order valence-electron chi connectivity index (χ0n) is 10.4. The Morgan fingerprint density at radius 3 is 2.68 bits per heavy atom. The predicted octanol–water partition coefficient (Wildman–Crippen LogP) is 1.32. The van der Waals surface area contributed by atoms with Crippen LogP contribution in [0.2, 0.25) is 0 Å². The van der Waals surface area contributed by atoms with Gasteiger partial charge in [-0.25, -0.2) is 9.45 Å². The summed E-state index contributed by atoms with van der Waals surface area (Å²) in [6.07, 6.45) is 0. The summed E-state index contributed by atoms with van der Waals surface area (Å²) in [6.45, 7) is 1.79. The molecule has 1 saturated heterocycles. The fourth-order valence-electron chi connectivity index (χ4n) is 2.22. The number of rotatable bonds is 3. The van der Waals surface area contributed by atoms with Gasteiger partial charge in [-0.3, -0.25) is 14.8 Å². The van der Waals surface area contributed by atoms with Crippen molar-refractivity contribution in [1.82, 2.24) is 5.06 Å². The number of hydrogen-bond acceptors (Lipinski definition) is 4. The minimum absolute atomic E-state index is 0.00601. The summed E-state index contributed by atoms with van der Waals surface area (Å²) in [6, 6.07) is 5.50. The third-order valence-electron chi connectivity index (χ3n) is 3.13. The molecule has 6 heteroatoms. The Labute approximate surface area is 109 Å². The van der Waals surface area contributed by atoms with Gasteiger partial charge in [0.15, 0.2) is 0 Å². The lowest BCUT2D eigenvalue weighted by Crippen LogP contribution is -2.30. The van der Waals surface area contributed by atoms with Crippen LogP contribution in [0, 0.1) is 11.7 Å². The lowest BCUT2D eigenvalue weighted by molar-refractivity contribution is -0.165. The van der Waals surface area contributed by atoms with Crippen molar-refractivity contribution in [3.05, 3.63) is 35.6 Å². The molecule has 0 aromatic heterocycles. The maximum atomic E-state index is 12.9. The molecule has 0 spiro atoms. The lowest BCUT2D eigenvalue weighted by atomic mass is 9.88. The molecule has 0 saturated carbocycles. The first-order valence-electron chi connectivity index (χ1n) is 5.97. The number of ether oxygens (including phenoxy) is 1. The van der Waals surface area contributed by atoms with Crippen molar-refractivity contribution in [3.8, 4) is 0 Å². The summed E-state index contributed by atoms with van der Waals surface area (Å²) in [7, 11) is 0. The van der Waals surface area contributed by atoms with Crippen molar-refractivity contribution in [1.29, 1.82) is 0 Å². The largest absolute Gasteiger partial charge is 0.465 e. The van der Waals surface area contributed by atoms with E-state index in [1.54, 1.807) is 6.92 Å². The minimum atomic E-state index is -1.07. The highest BCUT2D eigenvalue weighted by Gasteiger charge is 2.46. The molecule has 1 aromatic rings. The van der Waals surface area contributed by atoms with E-state index in [4.69, 9.17) is 4.74 Å². The number of carbonyl (C=O) groups excluding carboxylic acids is 2. The lowest BCUT2D eigenvalue weighted by Gasteiger charge is -2.15. The quantitative estimate of drug-likeness (QED) is 0.509. The Hall–Kier alpha value is -1.95. The van der Waals surface area contributed by atoms with Crippen LogP contribution >= 0.6 is 0 Å². The van der Waals surface area contributed by atoms with Gasteiger partial charge in [-0.15, -0.1) is 0 Å². The van der Waals surface area contributed by atoms with E-state index in [1.807, 2.05) is 0 Å². The maximum absolute atomic E-state index is 12.9. The topological polar surface area (TPSA) is 66.8 Å². The Kier molecular flexibility index (Phi) is 3.80. The van der Waals surface area contributed by atoms with E-state index in [2.05, 4.69) is 0 Å². The van der Waals surface area contributed by atoms with Crippen molar-refractivity contribution in [2.24, 2.45) is 5.92 Å². The monoisotopic (exact) mass is 267 g/mol. The van der Waals surface area contributed by atoms with Gasteiger partial charge in [-0.05, 0) is 24.6 Å². The molecule has 1 heterocycles. The Morgan fingerprint density at radius 2 is 2.11 bits per heavy atom. The molecule has 102 valence electrons. The Morgan fingerprint density at radius 1 is 1.47 bits per heavy atom. The number of halogens is 1. The first kappa shape index (κ1) is 13.5. The fraction of sp³-hybridized carbons (Fsp3) is 0.385. The molecule has 2 rings (SSSR count). The number of hydroxylamine groups is 2. The smallest absolute Gasteiger partial charge is 0.319 e. The van der Waals surface area contributed by atoms with Crippen LogP contribution in [0.3, 0.4) is 0 Å². The van der Waals surface area contributed by atoms with Crippen LogP contribution in [0.25, 0.3) is 0 Å². The van der Waals surface area contributed by atoms with Gasteiger partial charge in [0.25, 0.3) is 5.91 Å². The molecule has 0 unspecified atom stereocenters. The standard InChI is InChI=1S/C13H14FNO4/c1-2-19-13(17)11-10(7-15(18)12(11)16)8-3-5-9(14)6-4-8/h3-6,10-11,18H,2,7H2,1H3/t10-,11-/m0/s1. The highest BCUT2D eigenvalue weighted by Crippen LogP contribution is 2.33. The van der Waals surface area contributed by atoms with Gasteiger partial charge in [-0.2, -0.15) is 0 Å². The molecule has 5 nitrogen and oxygen atoms in total. The molecule has 2 atom stereocenters. The van der Waals surface area contributed by atoms with E-state index < -0.39 is 29.5 Å². The van der Waals surface area contributed by atoms with Crippen LogP contribution in [0.15, 0.2) is 24.3 Å². The highest BCUT2D eigenvalue weighted by atomic mass is 19.1. The zero-order chi connectivity index (χ0) is 14.0. The van der Waals surface area contributed by atoms with Crippen molar-refractivity contribution >= 4 is 11.9 Å². The minimum Gasteiger partial charge on any atom is -0.465 e. The molecule has 1 aliphatic heterocycles. The number of amides is 1. The number of esters is 1. The molecule has 0 aliphatic carbocycles. The van der Waals surface area contributed by atoms with Crippen LogP contribution < -0.4 is 0 Å². The Balaban J connectivity index is 2.29. The molecule has 0 bridgehead atoms. The van der Waals surface area contributed by atoms with E-state index in [0.717, 1.165) is 0 Å². The first-order chi connectivity index (χ1) is 9.04. The van der Waals surface area contributed by atoms with E-state index in [1.165, 1.54) is 24.3 Å². The molecule has 1 aliphatic rings. The van der Waals surface area contributed by atoms with Gasteiger partial charge in [0.2, 0.25) is 0 Å². The summed E-state index contributed by atoms with van der Waals surface area (Å²) in [4.78, 5) is 23.6. The summed E-state index contributed by atoms with van der Waals surface area (Å²) in [5.41, 5.74) is 0.615. The second kappa shape index (κ2) is 5.36. The van der Waals surface area contributed by atoms with Crippen LogP contribution in [-0.2, 0) is 14.3 Å². The van der Waals surface area contributed by atoms with Gasteiger partial charge in [0.05, 0.1) is 13.2 Å². The molecule has 1 fully saturated rings. The number of carbonyl (C=O) groups is 2. The molecule has 0 radical (unpaired) electrons. The van der Waals surface area contributed by atoms with E-state index in [-0.39, 0.29) is 13.2 Å². The summed E-state index contributed by atoms with van der Waals surface area (Å²) >= 11 is 0. The average Bonchev–Trinajstić information content (AvgIpc) is 2.67. The second-order valence-corrected chi connectivity index (χ2v) is 4.31. The number of hydrogen-bond donors (Lipinski definition) is 1. The van der Waals surface area contributed by atoms with Crippen LogP contribution in [0.5, 0.6) is 0 Å². The van der Waals surface area contributed by atoms with Crippen molar-refractivity contribution in [2.45, 2.75) is 12.8 Å². The predicted molar refractivity (Wildman–Crippen MR) is 62.8 cm³/mol. The molecular weight excluding hydrogens is 253 g/mol. The van der Waals surface area contributed by atoms with Gasteiger partial charge in [0.1, 0.15) is 11.7 Å². The summed E-state index contributed by atoms with van der Waals surface area (Å²) in [5.74, 6) is -3.36. The summed E-state index contributed by atoms with van der Waals surface area (Å²) in [5, 5.41) is 9.98. The number of nitrogens with zero attached hydrogens (tertiary/aromatic N) is 1. The normalized spacial score (nSPS) is 22.7. The molecule has 1 aromatic carbocycles. The van der Waals surface area contributed by atoms with Crippen molar-refractivity contribution < 1.29 is 23.9 Å². The number of benzene rings is 1. The van der Waals surface area contributed by atoms with Gasteiger partial charge in [-0.1, -0.05) is 12.1 Å². The molecule has 1 N–H and O–H groups in total. The highest BCUT2D eigenvalue weighted by molar-refractivity contribution is 6.00. The third kappa shape index (κ3) is 2.58. The summed E-state index contributed by atoms with van der Waals surface area (Å²) < 4.78 is 17.7. The van der Waals surface area contributed by atoms with E-state index in [9.17, 15) is 19.2 Å². The fourth-order valence-corrected chi connectivity index (χ4v) is 2.22. The first-order valence-corrected chi connectivity index (χ1v) is 5.97. The SMILES string of the molecule is CCOC(=O)[C@@H]1C(=O)N(O)C[C@H]1c1ccc(F)cc1. The van der Waals surface area contributed by atoms with E-state index >= 15 is 0 Å². The van der Waals surface area contributed by atoms with Crippen molar-refractivity contribution in [2.75, 3.05) is 13.2 Å². The molecule has 19 heavy (non-hydrogen) atoms. The van der Waals surface area contributed by atoms with Crippen LogP contribution in [0.1, 0.15) is 18.4 Å². The van der Waals surface area contributed by atoms with Gasteiger partial charge >= 0.3 is 5.97 Å². The Bertz CT molecular complexity index is 488. The van der Waals surface area contributed by atoms with Crippen LogP contribution in [0.4, 0.5) is 4.39 Å². The van der Waals surface area contributed by atoms with Crippen molar-refractivity contribution in [3.63, 3.8) is 0 Å². The van der Waals surface area contributed by atoms with Crippen LogP contribution in [-0.4, -0.2) is 35.3 Å².